The van der Waals surface area contributed by atoms with Crippen molar-refractivity contribution in [1.29, 1.82) is 0 Å². The van der Waals surface area contributed by atoms with Gasteiger partial charge in [0.15, 0.2) is 0 Å². The summed E-state index contributed by atoms with van der Waals surface area (Å²) < 4.78 is 7.51. The molecule has 3 heterocycles. The molecule has 2 aromatic heterocycles. The third-order valence-electron chi connectivity index (χ3n) is 7.18. The molecule has 1 aliphatic rings. The van der Waals surface area contributed by atoms with Gasteiger partial charge in [-0.1, -0.05) is 47.8 Å². The number of carbonyl (C=O) groups is 1. The highest BCUT2D eigenvalue weighted by Crippen LogP contribution is 2.33. The second-order valence-corrected chi connectivity index (χ2v) is 12.5. The second-order valence-electron chi connectivity index (χ2n) is 10.8. The summed E-state index contributed by atoms with van der Waals surface area (Å²) in [5, 5.41) is 3.51. The average molecular weight is 623 g/mol. The molecular formula is C33H33Cl2N3O3S. The van der Waals surface area contributed by atoms with E-state index in [1.165, 1.54) is 11.3 Å². The van der Waals surface area contributed by atoms with Crippen molar-refractivity contribution in [3.8, 4) is 33.3 Å². The molecule has 1 aliphatic heterocycles. The molecule has 0 unspecified atom stereocenters. The number of aromatic nitrogens is 2. The quantitative estimate of drug-likeness (QED) is 0.207. The van der Waals surface area contributed by atoms with Crippen molar-refractivity contribution >= 4 is 46.5 Å². The number of halogens is 2. The minimum atomic E-state index is -0.314. The van der Waals surface area contributed by atoms with Gasteiger partial charge in [0.2, 0.25) is 0 Å². The van der Waals surface area contributed by atoms with E-state index in [4.69, 9.17) is 32.9 Å². The van der Waals surface area contributed by atoms with Crippen LogP contribution >= 0.6 is 34.5 Å². The summed E-state index contributed by atoms with van der Waals surface area (Å²) in [6.45, 7) is 9.68. The number of amides is 1. The van der Waals surface area contributed by atoms with Crippen LogP contribution in [0.15, 0.2) is 64.3 Å². The van der Waals surface area contributed by atoms with Crippen molar-refractivity contribution in [2.45, 2.75) is 40.5 Å². The SMILES string of the molecule is CCOc1ccc(Cl)cc1-n1c(C=C(C)C)c(C(=O)N2CCC[C@H](C)C2)cc(-c2nc(-c3ccc(Cl)cc3)cs2)c1=O. The fourth-order valence-corrected chi connectivity index (χ4v) is 6.38. The molecule has 6 nitrogen and oxygen atoms in total. The zero-order valence-electron chi connectivity index (χ0n) is 24.1. The normalized spacial score (nSPS) is 15.0. The Bertz CT molecular complexity index is 1700. The summed E-state index contributed by atoms with van der Waals surface area (Å²) in [6.07, 6.45) is 3.91. The molecule has 42 heavy (non-hydrogen) atoms. The van der Waals surface area contributed by atoms with Gasteiger partial charge in [-0.25, -0.2) is 4.98 Å². The van der Waals surface area contributed by atoms with Gasteiger partial charge in [-0.05, 0) is 82.0 Å². The summed E-state index contributed by atoms with van der Waals surface area (Å²) in [5.74, 6) is 0.785. The number of nitrogens with zero attached hydrogens (tertiary/aromatic N) is 3. The standard InChI is InChI=1S/C33H33Cl2N3O3S/c1-5-41-30-13-12-24(35)16-29(30)38-28(15-20(2)3)25(32(39)37-14-6-7-21(4)18-37)17-26(33(38)40)31-36-27(19-42-31)22-8-10-23(34)11-9-22/h8-13,15-17,19,21H,5-7,14,18H2,1-4H3/t21-/m0/s1. The van der Waals surface area contributed by atoms with Gasteiger partial charge >= 0.3 is 0 Å². The fraction of sp³-hybridized carbons (Fsp3) is 0.303. The highest BCUT2D eigenvalue weighted by molar-refractivity contribution is 7.13. The number of rotatable bonds is 7. The van der Waals surface area contributed by atoms with E-state index < -0.39 is 0 Å². The number of carbonyl (C=O) groups excluding carboxylic acids is 1. The lowest BCUT2D eigenvalue weighted by molar-refractivity contribution is 0.0682. The predicted octanol–water partition coefficient (Wildman–Crippen LogP) is 8.63. The van der Waals surface area contributed by atoms with Crippen molar-refractivity contribution in [3.05, 3.63) is 91.1 Å². The number of hydrogen-bond acceptors (Lipinski definition) is 5. The van der Waals surface area contributed by atoms with E-state index in [2.05, 4.69) is 6.92 Å². The lowest BCUT2D eigenvalue weighted by atomic mass is 9.98. The van der Waals surface area contributed by atoms with Crippen LogP contribution in [0.4, 0.5) is 0 Å². The number of allylic oxidation sites excluding steroid dienone is 1. The molecule has 1 saturated heterocycles. The first-order valence-electron chi connectivity index (χ1n) is 14.0. The molecule has 0 N–H and O–H groups in total. The molecule has 218 valence electrons. The van der Waals surface area contributed by atoms with Gasteiger partial charge in [0.25, 0.3) is 11.5 Å². The Balaban J connectivity index is 1.79. The van der Waals surface area contributed by atoms with E-state index in [9.17, 15) is 9.59 Å². The Hall–Kier alpha value is -3.39. The Kier molecular flexibility index (Phi) is 9.21. The molecule has 1 fully saturated rings. The predicted molar refractivity (Wildman–Crippen MR) is 173 cm³/mol. The molecule has 0 spiro atoms. The lowest BCUT2D eigenvalue weighted by Crippen LogP contribution is -2.40. The smallest absolute Gasteiger partial charge is 0.266 e. The van der Waals surface area contributed by atoms with Gasteiger partial charge in [0, 0.05) is 34.1 Å². The fourth-order valence-electron chi connectivity index (χ4n) is 5.25. The maximum absolute atomic E-state index is 14.5. The number of ether oxygens (including phenoxy) is 1. The van der Waals surface area contributed by atoms with Crippen LogP contribution in [0, 0.1) is 5.92 Å². The summed E-state index contributed by atoms with van der Waals surface area (Å²) in [4.78, 5) is 35.5. The molecule has 1 amide bonds. The molecular weight excluding hydrogens is 589 g/mol. The number of hydrogen-bond donors (Lipinski definition) is 0. The summed E-state index contributed by atoms with van der Waals surface area (Å²) >= 11 is 13.9. The van der Waals surface area contributed by atoms with Crippen LogP contribution < -0.4 is 10.3 Å². The lowest BCUT2D eigenvalue weighted by Gasteiger charge is -2.32. The van der Waals surface area contributed by atoms with Gasteiger partial charge in [-0.3, -0.25) is 14.2 Å². The Labute approximate surface area is 260 Å². The first-order chi connectivity index (χ1) is 20.2. The van der Waals surface area contributed by atoms with Gasteiger partial charge in [-0.2, -0.15) is 0 Å². The third kappa shape index (κ3) is 6.33. The first kappa shape index (κ1) is 30.1. The summed E-state index contributed by atoms with van der Waals surface area (Å²) in [5.41, 5.74) is 3.97. The van der Waals surface area contributed by atoms with E-state index in [0.29, 0.717) is 68.9 Å². The van der Waals surface area contributed by atoms with Gasteiger partial charge < -0.3 is 9.64 Å². The highest BCUT2D eigenvalue weighted by atomic mass is 35.5. The zero-order chi connectivity index (χ0) is 30.0. The molecule has 0 bridgehead atoms. The molecule has 0 saturated carbocycles. The molecule has 4 aromatic rings. The van der Waals surface area contributed by atoms with Crippen LogP contribution in [0.2, 0.25) is 10.0 Å². The number of pyridine rings is 1. The average Bonchev–Trinajstić information content (AvgIpc) is 3.44. The first-order valence-corrected chi connectivity index (χ1v) is 15.7. The van der Waals surface area contributed by atoms with Crippen LogP contribution in [0.5, 0.6) is 5.75 Å². The van der Waals surface area contributed by atoms with Crippen LogP contribution in [0.1, 0.15) is 56.6 Å². The third-order valence-corrected chi connectivity index (χ3v) is 8.54. The molecule has 0 radical (unpaired) electrons. The van der Waals surface area contributed by atoms with Gasteiger partial charge in [0.1, 0.15) is 10.8 Å². The molecule has 1 atom stereocenters. The van der Waals surface area contributed by atoms with Crippen LogP contribution in [-0.2, 0) is 0 Å². The van der Waals surface area contributed by atoms with E-state index in [1.807, 2.05) is 61.4 Å². The van der Waals surface area contributed by atoms with Crippen LogP contribution in [0.25, 0.3) is 33.6 Å². The summed E-state index contributed by atoms with van der Waals surface area (Å²) in [7, 11) is 0. The topological polar surface area (TPSA) is 64.4 Å². The second kappa shape index (κ2) is 12.9. The van der Waals surface area contributed by atoms with Crippen LogP contribution in [0.3, 0.4) is 0 Å². The van der Waals surface area contributed by atoms with Crippen molar-refractivity contribution in [3.63, 3.8) is 0 Å². The Morgan fingerprint density at radius 2 is 1.86 bits per heavy atom. The maximum atomic E-state index is 14.5. The van der Waals surface area contributed by atoms with Crippen molar-refractivity contribution in [1.82, 2.24) is 14.5 Å². The van der Waals surface area contributed by atoms with Crippen molar-refractivity contribution in [2.24, 2.45) is 5.92 Å². The minimum Gasteiger partial charge on any atom is -0.492 e. The van der Waals surface area contributed by atoms with Crippen molar-refractivity contribution in [2.75, 3.05) is 19.7 Å². The number of benzene rings is 2. The van der Waals surface area contributed by atoms with E-state index in [-0.39, 0.29) is 11.5 Å². The van der Waals surface area contributed by atoms with E-state index in [1.54, 1.807) is 28.8 Å². The zero-order valence-corrected chi connectivity index (χ0v) is 26.4. The number of likely N-dealkylation sites (tertiary alicyclic amines) is 1. The van der Waals surface area contributed by atoms with Gasteiger partial charge in [-0.15, -0.1) is 11.3 Å². The largest absolute Gasteiger partial charge is 0.492 e. The molecule has 0 aliphatic carbocycles. The monoisotopic (exact) mass is 621 g/mol. The minimum absolute atomic E-state index is 0.112. The maximum Gasteiger partial charge on any atom is 0.266 e. The van der Waals surface area contributed by atoms with Gasteiger partial charge in [0.05, 0.1) is 34.8 Å². The Morgan fingerprint density at radius 3 is 2.55 bits per heavy atom. The Morgan fingerprint density at radius 1 is 1.12 bits per heavy atom. The summed E-state index contributed by atoms with van der Waals surface area (Å²) in [6, 6.07) is 14.3. The van der Waals surface area contributed by atoms with Crippen molar-refractivity contribution < 1.29 is 9.53 Å². The number of piperidine rings is 1. The number of thiazole rings is 1. The van der Waals surface area contributed by atoms with E-state index in [0.717, 1.165) is 29.7 Å². The molecule has 2 aromatic carbocycles. The molecule has 9 heteroatoms. The molecule has 5 rings (SSSR count). The van der Waals surface area contributed by atoms with E-state index >= 15 is 0 Å². The van der Waals surface area contributed by atoms with Crippen LogP contribution in [-0.4, -0.2) is 40.1 Å². The highest BCUT2D eigenvalue weighted by Gasteiger charge is 2.28.